The molecule has 2 aromatic rings. The number of amides is 1. The van der Waals surface area contributed by atoms with E-state index in [0.29, 0.717) is 23.4 Å². The third-order valence-corrected chi connectivity index (χ3v) is 4.42. The number of rotatable bonds is 11. The molecule has 33 heavy (non-hydrogen) atoms. The molecule has 174 valence electrons. The van der Waals surface area contributed by atoms with Crippen LogP contribution in [0.3, 0.4) is 0 Å². The molecule has 0 aromatic heterocycles. The first-order chi connectivity index (χ1) is 15.6. The molecule has 0 heterocycles. The van der Waals surface area contributed by atoms with Crippen molar-refractivity contribution in [1.82, 2.24) is 5.32 Å². The van der Waals surface area contributed by atoms with Gasteiger partial charge in [0.05, 0.1) is 11.3 Å². The molecule has 0 aliphatic heterocycles. The van der Waals surface area contributed by atoms with Gasteiger partial charge < -0.3 is 31.7 Å². The number of nitrogens with zero attached hydrogens (tertiary/aromatic N) is 1. The Morgan fingerprint density at radius 3 is 2.12 bits per heavy atom. The molecule has 0 saturated heterocycles. The summed E-state index contributed by atoms with van der Waals surface area (Å²) in [5.74, 6) is -3.29. The standard InChI is InChI=1S/C22H24N4O7/c23-22(24)25-15-6-4-14(5-7-15)21(32)33-16-8-1-13(2-9-16)3-11-18(27)26-17(20(30)31)10-12-19(28)29/h1-2,4-9,17H,3,10-12H2,(H,26,27)(H,28,29)(H,30,31)(H4,23,24,25)/t17-/m1/s1. The molecular formula is C22H24N4O7. The van der Waals surface area contributed by atoms with Crippen molar-refractivity contribution in [2.45, 2.75) is 31.7 Å². The van der Waals surface area contributed by atoms with Crippen LogP contribution in [0, 0.1) is 0 Å². The van der Waals surface area contributed by atoms with Gasteiger partial charge >= 0.3 is 17.9 Å². The average Bonchev–Trinajstić information content (AvgIpc) is 2.75. The maximum absolute atomic E-state index is 12.3. The minimum absolute atomic E-state index is 0.0120. The van der Waals surface area contributed by atoms with Crippen LogP contribution in [0.2, 0.25) is 0 Å². The molecule has 0 aliphatic carbocycles. The molecule has 1 atom stereocenters. The topological polar surface area (TPSA) is 194 Å². The Hall–Kier alpha value is -4.41. The molecule has 2 aromatic carbocycles. The second-order valence-corrected chi connectivity index (χ2v) is 7.01. The van der Waals surface area contributed by atoms with Gasteiger partial charge in [0.2, 0.25) is 5.91 Å². The normalized spacial score (nSPS) is 11.2. The number of carboxylic acids is 2. The highest BCUT2D eigenvalue weighted by atomic mass is 16.5. The summed E-state index contributed by atoms with van der Waals surface area (Å²) < 4.78 is 5.31. The first kappa shape index (κ1) is 24.9. The largest absolute Gasteiger partial charge is 0.481 e. The lowest BCUT2D eigenvalue weighted by Gasteiger charge is -2.13. The second kappa shape index (κ2) is 11.8. The first-order valence-electron chi connectivity index (χ1n) is 9.89. The lowest BCUT2D eigenvalue weighted by Crippen LogP contribution is -2.41. The highest BCUT2D eigenvalue weighted by Crippen LogP contribution is 2.17. The minimum atomic E-state index is -1.29. The predicted octanol–water partition coefficient (Wildman–Crippen LogP) is 1.18. The van der Waals surface area contributed by atoms with Crippen molar-refractivity contribution in [2.24, 2.45) is 16.5 Å². The van der Waals surface area contributed by atoms with E-state index >= 15 is 0 Å². The van der Waals surface area contributed by atoms with Crippen molar-refractivity contribution in [3.05, 3.63) is 59.7 Å². The fraction of sp³-hybridized carbons (Fsp3) is 0.227. The molecule has 0 unspecified atom stereocenters. The van der Waals surface area contributed by atoms with Crippen molar-refractivity contribution < 1.29 is 34.1 Å². The van der Waals surface area contributed by atoms with Gasteiger partial charge in [-0.15, -0.1) is 0 Å². The Labute approximate surface area is 189 Å². The zero-order chi connectivity index (χ0) is 24.4. The van der Waals surface area contributed by atoms with Gasteiger partial charge in [0.1, 0.15) is 11.8 Å². The fourth-order valence-electron chi connectivity index (χ4n) is 2.76. The van der Waals surface area contributed by atoms with Gasteiger partial charge in [-0.05, 0) is 54.8 Å². The maximum atomic E-state index is 12.3. The van der Waals surface area contributed by atoms with E-state index in [0.717, 1.165) is 5.56 Å². The van der Waals surface area contributed by atoms with E-state index in [9.17, 15) is 19.2 Å². The Balaban J connectivity index is 1.86. The molecular weight excluding hydrogens is 432 g/mol. The second-order valence-electron chi connectivity index (χ2n) is 7.01. The molecule has 0 fully saturated rings. The summed E-state index contributed by atoms with van der Waals surface area (Å²) in [7, 11) is 0. The lowest BCUT2D eigenvalue weighted by molar-refractivity contribution is -0.143. The number of aryl methyl sites for hydroxylation is 1. The van der Waals surface area contributed by atoms with Crippen LogP contribution in [0.15, 0.2) is 53.5 Å². The highest BCUT2D eigenvalue weighted by Gasteiger charge is 2.20. The average molecular weight is 456 g/mol. The summed E-state index contributed by atoms with van der Waals surface area (Å²) in [6.07, 6.45) is -0.235. The number of carbonyl (C=O) groups is 4. The van der Waals surface area contributed by atoms with Crippen LogP contribution in [0.4, 0.5) is 5.69 Å². The predicted molar refractivity (Wildman–Crippen MR) is 118 cm³/mol. The number of ether oxygens (including phenoxy) is 1. The van der Waals surface area contributed by atoms with E-state index in [1.54, 1.807) is 36.4 Å². The number of nitrogens with two attached hydrogens (primary N) is 2. The fourth-order valence-corrected chi connectivity index (χ4v) is 2.76. The number of esters is 1. The van der Waals surface area contributed by atoms with Crippen molar-refractivity contribution in [3.8, 4) is 5.75 Å². The molecule has 7 N–H and O–H groups in total. The number of benzene rings is 2. The van der Waals surface area contributed by atoms with Gasteiger partial charge in [-0.2, -0.15) is 0 Å². The SMILES string of the molecule is NC(N)=Nc1ccc(C(=O)Oc2ccc(CCC(=O)N[C@H](CCC(=O)O)C(=O)O)cc2)cc1. The third kappa shape index (κ3) is 8.69. The van der Waals surface area contributed by atoms with Crippen LogP contribution in [-0.4, -0.2) is 46.0 Å². The lowest BCUT2D eigenvalue weighted by atomic mass is 10.1. The Morgan fingerprint density at radius 1 is 0.939 bits per heavy atom. The highest BCUT2D eigenvalue weighted by molar-refractivity contribution is 5.91. The number of guanidine groups is 1. The number of carbonyl (C=O) groups excluding carboxylic acids is 2. The molecule has 11 heteroatoms. The Morgan fingerprint density at radius 2 is 1.58 bits per heavy atom. The number of hydrogen-bond acceptors (Lipinski definition) is 6. The van der Waals surface area contributed by atoms with Crippen LogP contribution in [0.5, 0.6) is 5.75 Å². The van der Waals surface area contributed by atoms with E-state index in [-0.39, 0.29) is 25.2 Å². The van der Waals surface area contributed by atoms with Gasteiger partial charge in [0.15, 0.2) is 5.96 Å². The summed E-state index contributed by atoms with van der Waals surface area (Å²) in [4.78, 5) is 49.9. The Kier molecular flexibility index (Phi) is 8.92. The molecule has 2 rings (SSSR count). The quantitative estimate of drug-likeness (QED) is 0.143. The van der Waals surface area contributed by atoms with Crippen molar-refractivity contribution in [1.29, 1.82) is 0 Å². The summed E-state index contributed by atoms with van der Waals surface area (Å²) in [5.41, 5.74) is 12.2. The van der Waals surface area contributed by atoms with Crippen molar-refractivity contribution in [3.63, 3.8) is 0 Å². The van der Waals surface area contributed by atoms with E-state index < -0.39 is 29.9 Å². The van der Waals surface area contributed by atoms with E-state index in [1.807, 2.05) is 0 Å². The molecule has 0 bridgehead atoms. The number of aliphatic carboxylic acids is 2. The van der Waals surface area contributed by atoms with Crippen molar-refractivity contribution >= 4 is 35.5 Å². The van der Waals surface area contributed by atoms with Gasteiger partial charge in [0.25, 0.3) is 0 Å². The van der Waals surface area contributed by atoms with Gasteiger partial charge in [-0.25, -0.2) is 14.6 Å². The summed E-state index contributed by atoms with van der Waals surface area (Å²) >= 11 is 0. The van der Waals surface area contributed by atoms with Crippen LogP contribution < -0.4 is 21.5 Å². The Bertz CT molecular complexity index is 1030. The van der Waals surface area contributed by atoms with Gasteiger partial charge in [-0.3, -0.25) is 9.59 Å². The summed E-state index contributed by atoms with van der Waals surface area (Å²) in [6.45, 7) is 0. The van der Waals surface area contributed by atoms with Crippen LogP contribution >= 0.6 is 0 Å². The number of nitrogens with one attached hydrogen (secondary N) is 1. The summed E-state index contributed by atoms with van der Waals surface area (Å²) in [5, 5.41) is 20.1. The number of carboxylic acid groups (broad SMARTS) is 2. The summed E-state index contributed by atoms with van der Waals surface area (Å²) in [6, 6.07) is 11.4. The zero-order valence-electron chi connectivity index (χ0n) is 17.6. The van der Waals surface area contributed by atoms with E-state index in [2.05, 4.69) is 10.3 Å². The molecule has 0 spiro atoms. The van der Waals surface area contributed by atoms with Crippen molar-refractivity contribution in [2.75, 3.05) is 0 Å². The van der Waals surface area contributed by atoms with E-state index in [1.165, 1.54) is 12.1 Å². The number of aliphatic imine (C=N–C) groups is 1. The molecule has 0 radical (unpaired) electrons. The first-order valence-corrected chi connectivity index (χ1v) is 9.89. The molecule has 0 aliphatic rings. The third-order valence-electron chi connectivity index (χ3n) is 4.42. The van der Waals surface area contributed by atoms with Crippen LogP contribution in [-0.2, 0) is 20.8 Å². The van der Waals surface area contributed by atoms with Crippen LogP contribution in [0.1, 0.15) is 35.2 Å². The molecule has 0 saturated carbocycles. The van der Waals surface area contributed by atoms with Gasteiger partial charge in [0, 0.05) is 12.8 Å². The van der Waals surface area contributed by atoms with E-state index in [4.69, 9.17) is 26.4 Å². The molecule has 1 amide bonds. The zero-order valence-corrected chi connectivity index (χ0v) is 17.6. The molecule has 11 nitrogen and oxygen atoms in total. The number of hydrogen-bond donors (Lipinski definition) is 5. The van der Waals surface area contributed by atoms with Crippen LogP contribution in [0.25, 0.3) is 0 Å². The van der Waals surface area contributed by atoms with Gasteiger partial charge in [-0.1, -0.05) is 12.1 Å². The monoisotopic (exact) mass is 456 g/mol. The minimum Gasteiger partial charge on any atom is -0.481 e. The maximum Gasteiger partial charge on any atom is 0.343 e. The smallest absolute Gasteiger partial charge is 0.343 e.